The van der Waals surface area contributed by atoms with Gasteiger partial charge in [-0.05, 0) is 31.0 Å². The predicted octanol–water partition coefficient (Wildman–Crippen LogP) is 4.13. The number of thiophene rings is 1. The van der Waals surface area contributed by atoms with Gasteiger partial charge in [-0.1, -0.05) is 19.1 Å². The van der Waals surface area contributed by atoms with Crippen molar-refractivity contribution >= 4 is 22.9 Å². The summed E-state index contributed by atoms with van der Waals surface area (Å²) >= 11 is 1.56. The van der Waals surface area contributed by atoms with Gasteiger partial charge < -0.3 is 5.32 Å². The van der Waals surface area contributed by atoms with Gasteiger partial charge in [0.05, 0.1) is 34.6 Å². The first-order chi connectivity index (χ1) is 16.8. The molecule has 0 aliphatic rings. The van der Waals surface area contributed by atoms with E-state index >= 15 is 0 Å². The Hall–Kier alpha value is -4.00. The average Bonchev–Trinajstić information content (AvgIpc) is 3.62. The summed E-state index contributed by atoms with van der Waals surface area (Å²) < 4.78 is 30.1. The Morgan fingerprint density at radius 1 is 1.20 bits per heavy atom. The Labute approximate surface area is 202 Å². The number of halogens is 2. The fourth-order valence-electron chi connectivity index (χ4n) is 3.82. The van der Waals surface area contributed by atoms with Crippen molar-refractivity contribution in [1.29, 1.82) is 0 Å². The summed E-state index contributed by atoms with van der Waals surface area (Å²) in [5.74, 6) is 0.112. The number of alkyl halides is 2. The highest BCUT2D eigenvalue weighted by atomic mass is 32.1. The van der Waals surface area contributed by atoms with E-state index in [1.54, 1.807) is 28.1 Å². The lowest BCUT2D eigenvalue weighted by molar-refractivity contribution is 0.0922. The highest BCUT2D eigenvalue weighted by Crippen LogP contribution is 2.31. The maximum absolute atomic E-state index is 13.7. The normalized spacial score (nSPS) is 12.7. The summed E-state index contributed by atoms with van der Waals surface area (Å²) in [7, 11) is 0. The van der Waals surface area contributed by atoms with Crippen LogP contribution in [0.4, 0.5) is 8.78 Å². The number of aryl methyl sites for hydroxylation is 1. The van der Waals surface area contributed by atoms with Crippen LogP contribution >= 0.6 is 11.3 Å². The van der Waals surface area contributed by atoms with Crippen LogP contribution in [0.3, 0.4) is 0 Å². The van der Waals surface area contributed by atoms with Crippen LogP contribution in [0.1, 0.15) is 53.1 Å². The zero-order valence-corrected chi connectivity index (χ0v) is 19.8. The molecular weight excluding hydrogens is 476 g/mol. The lowest BCUT2D eigenvalue weighted by atomic mass is 10.0. The van der Waals surface area contributed by atoms with E-state index in [1.165, 1.54) is 12.4 Å². The summed E-state index contributed by atoms with van der Waals surface area (Å²) in [4.78, 5) is 24.1. The predicted molar refractivity (Wildman–Crippen MR) is 125 cm³/mol. The molecule has 5 aromatic rings. The lowest BCUT2D eigenvalue weighted by Crippen LogP contribution is -2.32. The van der Waals surface area contributed by atoms with Crippen molar-refractivity contribution in [3.05, 3.63) is 65.1 Å². The molecule has 5 rings (SSSR count). The van der Waals surface area contributed by atoms with Crippen molar-refractivity contribution in [2.45, 2.75) is 33.2 Å². The summed E-state index contributed by atoms with van der Waals surface area (Å²) in [5, 5.41) is 17.1. The highest BCUT2D eigenvalue weighted by molar-refractivity contribution is 7.15. The molecule has 0 fully saturated rings. The second kappa shape index (κ2) is 8.98. The third-order valence-corrected chi connectivity index (χ3v) is 6.57. The van der Waals surface area contributed by atoms with Gasteiger partial charge in [-0.25, -0.2) is 23.4 Å². The molecule has 2 N–H and O–H groups in total. The fraction of sp³-hybridized carbons (Fsp3) is 0.273. The Kier molecular flexibility index (Phi) is 5.84. The third kappa shape index (κ3) is 4.18. The SMILES string of the molecule is Cc1ccc(-c2cnc3c(-n4nncc4C(F)F)cc(C(=O)NC(c4ncn[nH]4)C(C)C)cn23)s1. The number of rotatable bonds is 7. The molecule has 180 valence electrons. The van der Waals surface area contributed by atoms with Crippen LogP contribution in [0.15, 0.2) is 43.1 Å². The van der Waals surface area contributed by atoms with E-state index in [-0.39, 0.29) is 17.2 Å². The molecule has 0 bridgehead atoms. The van der Waals surface area contributed by atoms with E-state index in [0.29, 0.717) is 11.5 Å². The first-order valence-corrected chi connectivity index (χ1v) is 11.6. The standard InChI is InChI=1S/C22H21F2N9OS/c1-11(2)18(20-26-10-28-30-20)29-22(34)13-6-14(33-16(19(23)24)8-27-31-33)21-25-7-15(32(21)9-13)17-5-4-12(3)35-17/h4-11,18-19H,1-3H3,(H,29,34)(H,26,28,30). The number of carbonyl (C=O) groups is 1. The van der Waals surface area contributed by atoms with Gasteiger partial charge in [0, 0.05) is 11.1 Å². The van der Waals surface area contributed by atoms with E-state index in [9.17, 15) is 13.6 Å². The van der Waals surface area contributed by atoms with Gasteiger partial charge in [-0.3, -0.25) is 14.3 Å². The van der Waals surface area contributed by atoms with Crippen LogP contribution in [0.5, 0.6) is 0 Å². The lowest BCUT2D eigenvalue weighted by Gasteiger charge is -2.20. The number of aromatic nitrogens is 8. The number of nitrogens with one attached hydrogen (secondary N) is 2. The van der Waals surface area contributed by atoms with E-state index in [2.05, 4.69) is 35.8 Å². The molecular formula is C22H21F2N9OS. The first-order valence-electron chi connectivity index (χ1n) is 10.8. The molecule has 0 spiro atoms. The third-order valence-electron chi connectivity index (χ3n) is 5.55. The van der Waals surface area contributed by atoms with E-state index in [1.807, 2.05) is 32.9 Å². The maximum Gasteiger partial charge on any atom is 0.282 e. The van der Waals surface area contributed by atoms with Gasteiger partial charge in [0.25, 0.3) is 12.3 Å². The van der Waals surface area contributed by atoms with Crippen LogP contribution in [-0.2, 0) is 0 Å². The number of nitrogens with zero attached hydrogens (tertiary/aromatic N) is 7. The molecule has 13 heteroatoms. The topological polar surface area (TPSA) is 119 Å². The van der Waals surface area contributed by atoms with Crippen molar-refractivity contribution in [2.75, 3.05) is 0 Å². The smallest absolute Gasteiger partial charge is 0.282 e. The van der Waals surface area contributed by atoms with E-state index in [4.69, 9.17) is 0 Å². The number of imidazole rings is 1. The number of amides is 1. The number of hydrogen-bond acceptors (Lipinski definition) is 7. The summed E-state index contributed by atoms with van der Waals surface area (Å²) in [6, 6.07) is 4.98. The Bertz CT molecular complexity index is 1490. The van der Waals surface area contributed by atoms with Gasteiger partial charge in [-0.15, -0.1) is 16.4 Å². The summed E-state index contributed by atoms with van der Waals surface area (Å²) in [6.07, 6.45) is 2.85. The number of hydrogen-bond donors (Lipinski definition) is 2. The summed E-state index contributed by atoms with van der Waals surface area (Å²) in [6.45, 7) is 5.88. The molecule has 0 saturated carbocycles. The Morgan fingerprint density at radius 2 is 2.03 bits per heavy atom. The largest absolute Gasteiger partial charge is 0.342 e. The van der Waals surface area contributed by atoms with Crippen LogP contribution in [-0.4, -0.2) is 45.5 Å². The van der Waals surface area contributed by atoms with Crippen molar-refractivity contribution in [3.63, 3.8) is 0 Å². The molecule has 0 radical (unpaired) electrons. The monoisotopic (exact) mass is 497 g/mol. The van der Waals surface area contributed by atoms with Gasteiger partial charge in [0.1, 0.15) is 23.5 Å². The number of H-pyrrole nitrogens is 1. The van der Waals surface area contributed by atoms with Crippen LogP contribution in [0.2, 0.25) is 0 Å². The molecule has 5 aromatic heterocycles. The van der Waals surface area contributed by atoms with Gasteiger partial charge in [0.15, 0.2) is 5.65 Å². The molecule has 1 atom stereocenters. The average molecular weight is 498 g/mol. The molecule has 0 aliphatic heterocycles. The molecule has 0 aliphatic carbocycles. The highest BCUT2D eigenvalue weighted by Gasteiger charge is 2.25. The quantitative estimate of drug-likeness (QED) is 0.349. The number of fused-ring (bicyclic) bond motifs is 1. The second-order valence-corrected chi connectivity index (χ2v) is 9.59. The summed E-state index contributed by atoms with van der Waals surface area (Å²) in [5.41, 5.74) is 1.14. The van der Waals surface area contributed by atoms with Crippen molar-refractivity contribution in [3.8, 4) is 16.3 Å². The minimum Gasteiger partial charge on any atom is -0.342 e. The van der Waals surface area contributed by atoms with Crippen molar-refractivity contribution < 1.29 is 13.6 Å². The van der Waals surface area contributed by atoms with Gasteiger partial charge in [-0.2, -0.15) is 5.10 Å². The Balaban J connectivity index is 1.66. The molecule has 1 amide bonds. The minimum absolute atomic E-state index is 0.00810. The fourth-order valence-corrected chi connectivity index (χ4v) is 4.70. The molecule has 5 heterocycles. The molecule has 0 saturated heterocycles. The van der Waals surface area contributed by atoms with Crippen LogP contribution in [0, 0.1) is 12.8 Å². The first kappa shape index (κ1) is 22.8. The molecule has 1 unspecified atom stereocenters. The minimum atomic E-state index is -2.81. The zero-order valence-electron chi connectivity index (χ0n) is 19.0. The molecule has 0 aromatic carbocycles. The number of aromatic amines is 1. The molecule has 35 heavy (non-hydrogen) atoms. The maximum atomic E-state index is 13.7. The van der Waals surface area contributed by atoms with E-state index in [0.717, 1.165) is 26.3 Å². The van der Waals surface area contributed by atoms with Crippen molar-refractivity contribution in [2.24, 2.45) is 5.92 Å². The van der Waals surface area contributed by atoms with E-state index < -0.39 is 24.1 Å². The number of carbonyl (C=O) groups excluding carboxylic acids is 1. The molecule has 10 nitrogen and oxygen atoms in total. The van der Waals surface area contributed by atoms with Crippen LogP contribution in [0.25, 0.3) is 21.9 Å². The Morgan fingerprint density at radius 3 is 2.69 bits per heavy atom. The number of pyridine rings is 1. The zero-order chi connectivity index (χ0) is 24.7. The second-order valence-electron chi connectivity index (χ2n) is 8.30. The van der Waals surface area contributed by atoms with Crippen LogP contribution < -0.4 is 5.32 Å². The van der Waals surface area contributed by atoms with Gasteiger partial charge >= 0.3 is 0 Å². The van der Waals surface area contributed by atoms with Crippen molar-refractivity contribution in [1.82, 2.24) is 44.9 Å². The van der Waals surface area contributed by atoms with Gasteiger partial charge in [0.2, 0.25) is 0 Å².